The Kier molecular flexibility index (Phi) is 8.68. The van der Waals surface area contributed by atoms with Crippen molar-refractivity contribution in [3.05, 3.63) is 36.3 Å². The van der Waals surface area contributed by atoms with E-state index < -0.39 is 0 Å². The number of carbonyl (C=O) groups is 1. The first kappa shape index (κ1) is 23.2. The fourth-order valence-corrected chi connectivity index (χ4v) is 4.43. The second-order valence-corrected chi connectivity index (χ2v) is 8.84. The molecule has 1 aromatic carbocycles. The molecule has 2 fully saturated rings. The van der Waals surface area contributed by atoms with E-state index in [1.807, 2.05) is 23.9 Å². The van der Waals surface area contributed by atoms with Crippen LogP contribution in [0.25, 0.3) is 11.3 Å². The van der Waals surface area contributed by atoms with E-state index in [-0.39, 0.29) is 34.0 Å². The van der Waals surface area contributed by atoms with Crippen LogP contribution in [0.1, 0.15) is 19.4 Å². The number of nitrogens with two attached hydrogens (primary N) is 1. The molecule has 5 unspecified atom stereocenters. The Morgan fingerprint density at radius 2 is 2.27 bits per heavy atom. The van der Waals surface area contributed by atoms with Crippen molar-refractivity contribution in [3.63, 3.8) is 0 Å². The summed E-state index contributed by atoms with van der Waals surface area (Å²) in [5.41, 5.74) is 6.36. The van der Waals surface area contributed by atoms with Gasteiger partial charge in [-0.15, -0.1) is 0 Å². The zero-order valence-electron chi connectivity index (χ0n) is 16.6. The molecule has 2 aromatic rings. The van der Waals surface area contributed by atoms with Gasteiger partial charge in [0.15, 0.2) is 0 Å². The molecule has 2 saturated heterocycles. The van der Waals surface area contributed by atoms with E-state index in [0.717, 1.165) is 32.2 Å². The Bertz CT molecular complexity index is 826. The second-order valence-electron chi connectivity index (χ2n) is 7.01. The number of rotatable bonds is 5. The van der Waals surface area contributed by atoms with Gasteiger partial charge in [0.05, 0.1) is 0 Å². The Labute approximate surface area is 190 Å². The van der Waals surface area contributed by atoms with E-state index in [9.17, 15) is 9.18 Å². The number of hydrogen-bond acceptors (Lipinski definition) is 7. The maximum Gasteiger partial charge on any atom is 0.207 e. The van der Waals surface area contributed by atoms with Gasteiger partial charge in [0.25, 0.3) is 0 Å². The number of aromatic nitrogens is 3. The first-order chi connectivity index (χ1) is 14.5. The molecule has 3 radical (unpaired) electrons. The molecule has 4 rings (SSSR count). The van der Waals surface area contributed by atoms with Crippen LogP contribution in [-0.2, 0) is 19.0 Å². The van der Waals surface area contributed by atoms with Gasteiger partial charge < -0.3 is 11.1 Å². The summed E-state index contributed by atoms with van der Waals surface area (Å²) in [5.74, 6) is -0.284. The number of fused-ring (bicyclic) bond motifs is 1. The van der Waals surface area contributed by atoms with Crippen LogP contribution in [0, 0.1) is 5.82 Å². The van der Waals surface area contributed by atoms with Gasteiger partial charge in [0, 0.05) is 13.1 Å². The third kappa shape index (κ3) is 6.03. The minimum atomic E-state index is -0.284. The van der Waals surface area contributed by atoms with Crippen molar-refractivity contribution in [1.82, 2.24) is 20.3 Å². The Morgan fingerprint density at radius 3 is 2.97 bits per heavy atom. The van der Waals surface area contributed by atoms with E-state index in [1.165, 1.54) is 12.1 Å². The smallest absolute Gasteiger partial charge is 0.207 e. The van der Waals surface area contributed by atoms with Crippen molar-refractivity contribution in [1.29, 1.82) is 0 Å². The maximum atomic E-state index is 13.4. The van der Waals surface area contributed by atoms with E-state index in [2.05, 4.69) is 15.6 Å². The van der Waals surface area contributed by atoms with Gasteiger partial charge in [0.1, 0.15) is 0 Å². The van der Waals surface area contributed by atoms with Gasteiger partial charge in [-0.3, -0.25) is 4.79 Å². The SMILES string of the molecule is CC1CC(n2cc(-c3cccc(F)c3)nn2)C2O[CH]([Pb])OCC2O1.NCCNC=O. The largest absolute Gasteiger partial charge is 0.357 e. The zero-order chi connectivity index (χ0) is 21.5. The summed E-state index contributed by atoms with van der Waals surface area (Å²) in [6, 6.07) is 6.41. The van der Waals surface area contributed by atoms with E-state index >= 15 is 0 Å². The molecule has 1 amide bonds. The molecule has 5 atom stereocenters. The first-order valence-electron chi connectivity index (χ1n) is 9.70. The summed E-state index contributed by atoms with van der Waals surface area (Å²) in [6.45, 7) is 3.67. The molecule has 1 aromatic heterocycles. The van der Waals surface area contributed by atoms with Crippen molar-refractivity contribution in [2.45, 2.75) is 41.5 Å². The van der Waals surface area contributed by atoms with Gasteiger partial charge in [0.2, 0.25) is 6.41 Å². The fraction of sp³-hybridized carbons (Fsp3) is 0.526. The van der Waals surface area contributed by atoms with Gasteiger partial charge in [-0.05, 0) is 0 Å². The fourth-order valence-electron chi connectivity index (χ4n) is 3.45. The average molecular weight is 614 g/mol. The Balaban J connectivity index is 0.000000377. The third-order valence-electron chi connectivity index (χ3n) is 4.76. The van der Waals surface area contributed by atoms with Crippen LogP contribution in [0.4, 0.5) is 4.39 Å². The number of carbonyl (C=O) groups excluding carboxylic acids is 1. The van der Waals surface area contributed by atoms with Gasteiger partial charge in [-0.25, -0.2) is 0 Å². The Morgan fingerprint density at radius 1 is 1.43 bits per heavy atom. The van der Waals surface area contributed by atoms with Gasteiger partial charge in [-0.1, -0.05) is 0 Å². The zero-order valence-corrected chi connectivity index (χ0v) is 20.5. The standard InChI is InChI=1S/C16H17FN3O3.C3H8N2O.Pb/c1-10-5-14(16-15(23-10)8-21-9-22-16)20-7-13(18-19-20)11-3-2-4-12(17)6-11;4-1-2-5-3-6;/h2-4,6-7,9-10,14-16H,5,8H2,1H3;3H,1-2,4H2,(H,5,6);. The van der Waals surface area contributed by atoms with Gasteiger partial charge in [-0.2, -0.15) is 0 Å². The summed E-state index contributed by atoms with van der Waals surface area (Å²) in [6.07, 6.45) is 3.19. The summed E-state index contributed by atoms with van der Waals surface area (Å²) >= 11 is 0.807. The van der Waals surface area contributed by atoms with Crippen LogP contribution < -0.4 is 11.1 Å². The maximum absolute atomic E-state index is 13.4. The van der Waals surface area contributed by atoms with E-state index in [1.54, 1.807) is 6.07 Å². The predicted molar refractivity (Wildman–Crippen MR) is 107 cm³/mol. The van der Waals surface area contributed by atoms with Gasteiger partial charge >= 0.3 is 155 Å². The van der Waals surface area contributed by atoms with Crippen LogP contribution >= 0.6 is 0 Å². The van der Waals surface area contributed by atoms with Crippen molar-refractivity contribution < 1.29 is 23.4 Å². The summed E-state index contributed by atoms with van der Waals surface area (Å²) in [5, 5.41) is 10.9. The van der Waals surface area contributed by atoms with Crippen LogP contribution in [0.15, 0.2) is 30.5 Å². The average Bonchev–Trinajstić information content (AvgIpc) is 3.22. The topological polar surface area (TPSA) is 114 Å². The second kappa shape index (κ2) is 11.2. The quantitative estimate of drug-likeness (QED) is 0.285. The van der Waals surface area contributed by atoms with Crippen molar-refractivity contribution in [2.24, 2.45) is 5.73 Å². The molecule has 0 aliphatic carbocycles. The molecule has 3 heterocycles. The molecule has 3 N–H and O–H groups in total. The third-order valence-corrected chi connectivity index (χ3v) is 5.94. The summed E-state index contributed by atoms with van der Waals surface area (Å²) < 4.78 is 32.7. The molecule has 2 aliphatic heterocycles. The van der Waals surface area contributed by atoms with Crippen LogP contribution in [0.5, 0.6) is 0 Å². The summed E-state index contributed by atoms with van der Waals surface area (Å²) in [7, 11) is 0. The van der Waals surface area contributed by atoms with Crippen molar-refractivity contribution in [2.75, 3.05) is 19.7 Å². The van der Waals surface area contributed by atoms with Crippen LogP contribution in [-0.4, -0.2) is 89.0 Å². The molecule has 2 aliphatic rings. The molecule has 11 heteroatoms. The molecule has 0 saturated carbocycles. The first-order valence-corrected chi connectivity index (χ1v) is 11.9. The minimum Gasteiger partial charge on any atom is -0.357 e. The summed E-state index contributed by atoms with van der Waals surface area (Å²) in [4.78, 5) is 9.40. The van der Waals surface area contributed by atoms with E-state index in [0.29, 0.717) is 37.4 Å². The van der Waals surface area contributed by atoms with Crippen LogP contribution in [0.3, 0.4) is 0 Å². The number of nitrogens with zero attached hydrogens (tertiary/aromatic N) is 3. The predicted octanol–water partition coefficient (Wildman–Crippen LogP) is 0.361. The van der Waals surface area contributed by atoms with E-state index in [4.69, 9.17) is 19.9 Å². The monoisotopic (exact) mass is 614 g/mol. The number of hydrogen-bond donors (Lipinski definition) is 2. The molecule has 161 valence electrons. The number of nitrogens with one attached hydrogen (secondary N) is 1. The molecule has 0 bridgehead atoms. The number of benzene rings is 1. The van der Waals surface area contributed by atoms with Crippen LogP contribution in [0.2, 0.25) is 0 Å². The number of amides is 1. The van der Waals surface area contributed by atoms with Crippen molar-refractivity contribution >= 4 is 32.2 Å². The van der Waals surface area contributed by atoms with Crippen molar-refractivity contribution in [3.8, 4) is 11.3 Å². The molecule has 30 heavy (non-hydrogen) atoms. The minimum absolute atomic E-state index is 0.0360. The number of ether oxygens (including phenoxy) is 3. The number of halogens is 1. The molecular weight excluding hydrogens is 588 g/mol. The molecule has 0 spiro atoms. The molecular formula is C19H25FN5O4Pb. The normalized spacial score (nSPS) is 28.1. The Hall–Kier alpha value is -1.48. The molecule has 9 nitrogen and oxygen atoms in total.